The van der Waals surface area contributed by atoms with Gasteiger partial charge in [-0.2, -0.15) is 0 Å². The third-order valence-corrected chi connectivity index (χ3v) is 4.99. The van der Waals surface area contributed by atoms with Gasteiger partial charge in [0.2, 0.25) is 0 Å². The minimum absolute atomic E-state index is 0.227. The lowest BCUT2D eigenvalue weighted by Gasteiger charge is -2.32. The fourth-order valence-corrected chi connectivity index (χ4v) is 3.77. The zero-order chi connectivity index (χ0) is 17.6. The Bertz CT molecular complexity index is 883. The summed E-state index contributed by atoms with van der Waals surface area (Å²) in [6.45, 7) is 3.25. The summed E-state index contributed by atoms with van der Waals surface area (Å²) >= 11 is 0. The molecule has 0 radical (unpaired) electrons. The highest BCUT2D eigenvalue weighted by Gasteiger charge is 2.30. The van der Waals surface area contributed by atoms with Crippen LogP contribution in [-0.2, 0) is 24.6 Å². The molecule has 0 spiro atoms. The van der Waals surface area contributed by atoms with Crippen LogP contribution in [0.5, 0.6) is 0 Å². The second-order valence-electron chi connectivity index (χ2n) is 6.83. The summed E-state index contributed by atoms with van der Waals surface area (Å²) in [4.78, 5) is 34.3. The summed E-state index contributed by atoms with van der Waals surface area (Å²) < 4.78 is 7.74. The number of hydrogen-bond donors (Lipinski definition) is 1. The number of imidazole rings is 1. The van der Waals surface area contributed by atoms with Crippen molar-refractivity contribution in [2.45, 2.75) is 32.3 Å². The Labute approximate surface area is 145 Å². The van der Waals surface area contributed by atoms with Crippen LogP contribution in [0.3, 0.4) is 0 Å². The van der Waals surface area contributed by atoms with E-state index in [1.807, 2.05) is 24.7 Å². The van der Waals surface area contributed by atoms with Gasteiger partial charge in [-0.1, -0.05) is 0 Å². The number of aromatic nitrogens is 3. The number of nitrogens with zero attached hydrogens (tertiary/aromatic N) is 3. The van der Waals surface area contributed by atoms with Crippen LogP contribution in [-0.4, -0.2) is 45.0 Å². The van der Waals surface area contributed by atoms with Crippen molar-refractivity contribution in [3.05, 3.63) is 51.0 Å². The molecule has 25 heavy (non-hydrogen) atoms. The van der Waals surface area contributed by atoms with Crippen LogP contribution in [0.1, 0.15) is 45.7 Å². The van der Waals surface area contributed by atoms with Crippen molar-refractivity contribution in [1.82, 2.24) is 19.4 Å². The van der Waals surface area contributed by atoms with E-state index in [-0.39, 0.29) is 23.1 Å². The third kappa shape index (κ3) is 2.89. The molecule has 2 aromatic rings. The van der Waals surface area contributed by atoms with Crippen molar-refractivity contribution in [3.8, 4) is 0 Å². The van der Waals surface area contributed by atoms with Gasteiger partial charge in [0.15, 0.2) is 0 Å². The molecular formula is C18H22N4O3. The largest absolute Gasteiger partial charge is 0.367 e. The number of pyridine rings is 1. The maximum Gasteiger partial charge on any atom is 0.261 e. The van der Waals surface area contributed by atoms with Gasteiger partial charge in [-0.25, -0.2) is 4.98 Å². The number of aromatic amines is 1. The van der Waals surface area contributed by atoms with Gasteiger partial charge in [-0.05, 0) is 37.8 Å². The maximum atomic E-state index is 12.9. The normalized spacial score (nSPS) is 19.9. The average Bonchev–Trinajstić information content (AvgIpc) is 3.18. The molecule has 1 fully saturated rings. The van der Waals surface area contributed by atoms with E-state index in [0.717, 1.165) is 42.0 Å². The molecule has 1 atom stereocenters. The number of morpholine rings is 1. The number of hydrogen-bond acceptors (Lipinski definition) is 4. The quantitative estimate of drug-likeness (QED) is 0.887. The number of aryl methyl sites for hydroxylation is 4. The van der Waals surface area contributed by atoms with Crippen LogP contribution in [0.25, 0.3) is 0 Å². The van der Waals surface area contributed by atoms with Gasteiger partial charge in [0.25, 0.3) is 11.5 Å². The molecule has 1 unspecified atom stereocenters. The van der Waals surface area contributed by atoms with E-state index in [1.165, 1.54) is 0 Å². The first kappa shape index (κ1) is 16.1. The molecule has 0 aromatic carbocycles. The molecule has 1 aliphatic carbocycles. The lowest BCUT2D eigenvalue weighted by molar-refractivity contribution is -0.0280. The fraction of sp³-hybridized carbons (Fsp3) is 0.500. The monoisotopic (exact) mass is 342 g/mol. The molecule has 1 aliphatic heterocycles. The molecule has 1 amide bonds. The zero-order valence-electron chi connectivity index (χ0n) is 14.5. The Morgan fingerprint density at radius 2 is 2.24 bits per heavy atom. The molecule has 7 heteroatoms. The van der Waals surface area contributed by atoms with E-state index < -0.39 is 0 Å². The Kier molecular flexibility index (Phi) is 3.95. The van der Waals surface area contributed by atoms with Crippen molar-refractivity contribution < 1.29 is 9.53 Å². The van der Waals surface area contributed by atoms with Gasteiger partial charge < -0.3 is 19.2 Å². The van der Waals surface area contributed by atoms with Gasteiger partial charge in [-0.15, -0.1) is 0 Å². The first-order chi connectivity index (χ1) is 12.0. The highest BCUT2D eigenvalue weighted by molar-refractivity contribution is 5.94. The second kappa shape index (κ2) is 6.15. The maximum absolute atomic E-state index is 12.9. The SMILES string of the molecule is Cc1cn(C)c(C2CN(C(=O)c3cc4c([nH]c3=O)CCC4)CCO2)n1. The lowest BCUT2D eigenvalue weighted by atomic mass is 10.1. The summed E-state index contributed by atoms with van der Waals surface area (Å²) in [5.74, 6) is 0.577. The van der Waals surface area contributed by atoms with Crippen LogP contribution in [0.2, 0.25) is 0 Å². The van der Waals surface area contributed by atoms with Crippen molar-refractivity contribution in [3.63, 3.8) is 0 Å². The van der Waals surface area contributed by atoms with Crippen molar-refractivity contribution in [1.29, 1.82) is 0 Å². The van der Waals surface area contributed by atoms with Gasteiger partial charge in [0.05, 0.1) is 18.8 Å². The molecule has 1 saturated heterocycles. The molecule has 7 nitrogen and oxygen atoms in total. The Morgan fingerprint density at radius 3 is 3.00 bits per heavy atom. The van der Waals surface area contributed by atoms with Gasteiger partial charge in [0, 0.05) is 25.5 Å². The van der Waals surface area contributed by atoms with Crippen LogP contribution >= 0.6 is 0 Å². The summed E-state index contributed by atoms with van der Waals surface area (Å²) in [6, 6.07) is 1.78. The Hall–Kier alpha value is -2.41. The van der Waals surface area contributed by atoms with Gasteiger partial charge in [-0.3, -0.25) is 9.59 Å². The molecule has 2 aliphatic rings. The zero-order valence-corrected chi connectivity index (χ0v) is 14.5. The predicted molar refractivity (Wildman–Crippen MR) is 91.6 cm³/mol. The number of rotatable bonds is 2. The number of carbonyl (C=O) groups is 1. The smallest absolute Gasteiger partial charge is 0.261 e. The molecule has 132 valence electrons. The van der Waals surface area contributed by atoms with E-state index in [2.05, 4.69) is 9.97 Å². The molecule has 2 aromatic heterocycles. The van der Waals surface area contributed by atoms with Crippen LogP contribution in [0.4, 0.5) is 0 Å². The highest BCUT2D eigenvalue weighted by Crippen LogP contribution is 2.23. The number of ether oxygens (including phenoxy) is 1. The summed E-state index contributed by atoms with van der Waals surface area (Å²) in [6.07, 6.45) is 4.50. The van der Waals surface area contributed by atoms with E-state index in [0.29, 0.717) is 19.7 Å². The summed E-state index contributed by atoms with van der Waals surface area (Å²) in [7, 11) is 1.92. The van der Waals surface area contributed by atoms with Crippen LogP contribution < -0.4 is 5.56 Å². The number of H-pyrrole nitrogens is 1. The minimum atomic E-state index is -0.290. The molecule has 1 N–H and O–H groups in total. The van der Waals surface area contributed by atoms with Gasteiger partial charge >= 0.3 is 0 Å². The number of fused-ring (bicyclic) bond motifs is 1. The predicted octanol–water partition coefficient (Wildman–Crippen LogP) is 1.12. The summed E-state index contributed by atoms with van der Waals surface area (Å²) in [5.41, 5.74) is 2.93. The molecule has 3 heterocycles. The average molecular weight is 342 g/mol. The first-order valence-corrected chi connectivity index (χ1v) is 8.68. The van der Waals surface area contributed by atoms with E-state index in [1.54, 1.807) is 11.0 Å². The summed E-state index contributed by atoms with van der Waals surface area (Å²) in [5, 5.41) is 0. The first-order valence-electron chi connectivity index (χ1n) is 8.68. The molecule has 4 rings (SSSR count). The van der Waals surface area contributed by atoms with E-state index in [9.17, 15) is 9.59 Å². The second-order valence-corrected chi connectivity index (χ2v) is 6.83. The van der Waals surface area contributed by atoms with Crippen molar-refractivity contribution in [2.75, 3.05) is 19.7 Å². The highest BCUT2D eigenvalue weighted by atomic mass is 16.5. The van der Waals surface area contributed by atoms with Gasteiger partial charge in [0.1, 0.15) is 17.5 Å². The topological polar surface area (TPSA) is 80.2 Å². The number of nitrogens with one attached hydrogen (secondary N) is 1. The third-order valence-electron chi connectivity index (χ3n) is 4.99. The minimum Gasteiger partial charge on any atom is -0.367 e. The van der Waals surface area contributed by atoms with E-state index in [4.69, 9.17) is 4.74 Å². The Morgan fingerprint density at radius 1 is 1.40 bits per heavy atom. The van der Waals surface area contributed by atoms with Crippen molar-refractivity contribution in [2.24, 2.45) is 7.05 Å². The fourth-order valence-electron chi connectivity index (χ4n) is 3.77. The van der Waals surface area contributed by atoms with Crippen molar-refractivity contribution >= 4 is 5.91 Å². The Balaban J connectivity index is 1.58. The molecular weight excluding hydrogens is 320 g/mol. The van der Waals surface area contributed by atoms with E-state index >= 15 is 0 Å². The number of carbonyl (C=O) groups excluding carboxylic acids is 1. The molecule has 0 bridgehead atoms. The number of amides is 1. The standard InChI is InChI=1S/C18H22N4O3/c1-11-9-21(2)16(19-11)15-10-22(6-7-25-15)18(24)13-8-12-4-3-5-14(12)20-17(13)23/h8-9,15H,3-7,10H2,1-2H3,(H,20,23). The van der Waals surface area contributed by atoms with Crippen LogP contribution in [0, 0.1) is 6.92 Å². The van der Waals surface area contributed by atoms with Crippen LogP contribution in [0.15, 0.2) is 17.1 Å². The lowest BCUT2D eigenvalue weighted by Crippen LogP contribution is -2.44. The molecule has 0 saturated carbocycles.